The van der Waals surface area contributed by atoms with Gasteiger partial charge in [0.1, 0.15) is 0 Å². The Hall–Kier alpha value is -0.260. The van der Waals surface area contributed by atoms with Crippen molar-refractivity contribution in [3.8, 4) is 0 Å². The summed E-state index contributed by atoms with van der Waals surface area (Å²) in [5.41, 5.74) is 0. The van der Waals surface area contributed by atoms with Crippen LogP contribution in [0.25, 0.3) is 0 Å². The SMILES string of the molecule is CCCN1CC(CC(O)C(C)C)CC(NCC(F)F)C1. The molecular weight excluding hydrogens is 262 g/mol. The van der Waals surface area contributed by atoms with Gasteiger partial charge in [0.2, 0.25) is 0 Å². The molecule has 0 aromatic rings. The van der Waals surface area contributed by atoms with Crippen LogP contribution in [0.1, 0.15) is 40.0 Å². The molecule has 0 aromatic heterocycles. The number of hydrogen-bond acceptors (Lipinski definition) is 3. The lowest BCUT2D eigenvalue weighted by molar-refractivity contribution is 0.0574. The van der Waals surface area contributed by atoms with E-state index in [4.69, 9.17) is 0 Å². The first kappa shape index (κ1) is 17.8. The molecule has 3 nitrogen and oxygen atoms in total. The van der Waals surface area contributed by atoms with Crippen LogP contribution in [0, 0.1) is 11.8 Å². The van der Waals surface area contributed by atoms with Gasteiger partial charge >= 0.3 is 0 Å². The summed E-state index contributed by atoms with van der Waals surface area (Å²) < 4.78 is 24.7. The highest BCUT2D eigenvalue weighted by molar-refractivity contribution is 4.85. The van der Waals surface area contributed by atoms with Crippen LogP contribution in [0.5, 0.6) is 0 Å². The van der Waals surface area contributed by atoms with E-state index in [-0.39, 0.29) is 24.6 Å². The van der Waals surface area contributed by atoms with Crippen molar-refractivity contribution in [3.63, 3.8) is 0 Å². The van der Waals surface area contributed by atoms with Gasteiger partial charge in [-0.25, -0.2) is 8.78 Å². The van der Waals surface area contributed by atoms with E-state index < -0.39 is 6.43 Å². The fraction of sp³-hybridized carbons (Fsp3) is 1.00. The zero-order valence-corrected chi connectivity index (χ0v) is 13.0. The van der Waals surface area contributed by atoms with Crippen molar-refractivity contribution in [3.05, 3.63) is 0 Å². The first-order valence-electron chi connectivity index (χ1n) is 7.84. The van der Waals surface area contributed by atoms with Gasteiger partial charge in [-0.2, -0.15) is 0 Å². The molecule has 0 bridgehead atoms. The van der Waals surface area contributed by atoms with Crippen LogP contribution < -0.4 is 5.32 Å². The number of nitrogens with zero attached hydrogens (tertiary/aromatic N) is 1. The lowest BCUT2D eigenvalue weighted by Crippen LogP contribution is -2.50. The van der Waals surface area contributed by atoms with Crippen molar-refractivity contribution < 1.29 is 13.9 Å². The normalized spacial score (nSPS) is 26.4. The predicted molar refractivity (Wildman–Crippen MR) is 78.1 cm³/mol. The van der Waals surface area contributed by atoms with Crippen molar-refractivity contribution in [1.82, 2.24) is 10.2 Å². The van der Waals surface area contributed by atoms with Gasteiger partial charge < -0.3 is 15.3 Å². The Labute approximate surface area is 121 Å². The summed E-state index contributed by atoms with van der Waals surface area (Å²) in [4.78, 5) is 2.34. The average molecular weight is 292 g/mol. The lowest BCUT2D eigenvalue weighted by Gasteiger charge is -2.39. The van der Waals surface area contributed by atoms with Crippen LogP contribution in [0.3, 0.4) is 0 Å². The second kappa shape index (κ2) is 8.90. The minimum absolute atomic E-state index is 0.119. The standard InChI is InChI=1S/C15H30F2N2O/c1-4-5-19-9-12(7-14(20)11(2)3)6-13(10-19)18-8-15(16)17/h11-15,18,20H,4-10H2,1-3H3. The van der Waals surface area contributed by atoms with Crippen molar-refractivity contribution in [2.24, 2.45) is 11.8 Å². The molecule has 5 heteroatoms. The van der Waals surface area contributed by atoms with Crippen molar-refractivity contribution in [1.29, 1.82) is 0 Å². The summed E-state index contributed by atoms with van der Waals surface area (Å²) in [5.74, 6) is 0.645. The maximum Gasteiger partial charge on any atom is 0.250 e. The van der Waals surface area contributed by atoms with Crippen molar-refractivity contribution in [2.75, 3.05) is 26.2 Å². The maximum atomic E-state index is 12.3. The quantitative estimate of drug-likeness (QED) is 0.721. The molecule has 0 aromatic carbocycles. The largest absolute Gasteiger partial charge is 0.393 e. The van der Waals surface area contributed by atoms with Gasteiger partial charge in [0.05, 0.1) is 12.6 Å². The molecule has 0 amide bonds. The highest BCUT2D eigenvalue weighted by Gasteiger charge is 2.29. The number of halogens is 2. The van der Waals surface area contributed by atoms with Gasteiger partial charge in [0.15, 0.2) is 0 Å². The number of hydrogen-bond donors (Lipinski definition) is 2. The third-order valence-electron chi connectivity index (χ3n) is 4.06. The first-order chi connectivity index (χ1) is 9.42. The Balaban J connectivity index is 2.51. The summed E-state index contributed by atoms with van der Waals surface area (Å²) >= 11 is 0. The van der Waals surface area contributed by atoms with E-state index in [0.717, 1.165) is 38.9 Å². The van der Waals surface area contributed by atoms with Crippen LogP contribution in [-0.4, -0.2) is 54.8 Å². The van der Waals surface area contributed by atoms with E-state index in [9.17, 15) is 13.9 Å². The summed E-state index contributed by atoms with van der Waals surface area (Å²) in [6.07, 6.45) is 0.135. The van der Waals surface area contributed by atoms with Crippen molar-refractivity contribution in [2.45, 2.75) is 58.6 Å². The molecule has 3 atom stereocenters. The zero-order chi connectivity index (χ0) is 15.1. The molecule has 1 aliphatic heterocycles. The number of piperidine rings is 1. The van der Waals surface area contributed by atoms with Gasteiger partial charge in [0.25, 0.3) is 6.43 Å². The predicted octanol–water partition coefficient (Wildman–Crippen LogP) is 2.35. The number of rotatable bonds is 8. The Morgan fingerprint density at radius 1 is 1.30 bits per heavy atom. The van der Waals surface area contributed by atoms with Gasteiger partial charge in [-0.1, -0.05) is 20.8 Å². The number of nitrogens with one attached hydrogen (secondary N) is 1. The molecule has 2 N–H and O–H groups in total. The second-order valence-electron chi connectivity index (χ2n) is 6.40. The molecule has 3 unspecified atom stereocenters. The van der Waals surface area contributed by atoms with Crippen LogP contribution in [0.15, 0.2) is 0 Å². The Morgan fingerprint density at radius 2 is 2.00 bits per heavy atom. The van der Waals surface area contributed by atoms with Crippen LogP contribution in [-0.2, 0) is 0 Å². The number of likely N-dealkylation sites (tertiary alicyclic amines) is 1. The first-order valence-corrected chi connectivity index (χ1v) is 7.84. The lowest BCUT2D eigenvalue weighted by atomic mass is 9.86. The third-order valence-corrected chi connectivity index (χ3v) is 4.06. The average Bonchev–Trinajstić information content (AvgIpc) is 2.36. The minimum Gasteiger partial charge on any atom is -0.393 e. The topological polar surface area (TPSA) is 35.5 Å². The highest BCUT2D eigenvalue weighted by atomic mass is 19.3. The van der Waals surface area contributed by atoms with Crippen LogP contribution in [0.2, 0.25) is 0 Å². The molecule has 0 spiro atoms. The third kappa shape index (κ3) is 6.46. The molecular formula is C15H30F2N2O. The minimum atomic E-state index is -2.30. The molecule has 120 valence electrons. The summed E-state index contributed by atoms with van der Waals surface area (Å²) in [5, 5.41) is 13.0. The van der Waals surface area contributed by atoms with Crippen LogP contribution in [0.4, 0.5) is 8.78 Å². The Kier molecular flexibility index (Phi) is 7.92. The molecule has 0 saturated carbocycles. The van der Waals surface area contributed by atoms with E-state index in [1.807, 2.05) is 13.8 Å². The monoisotopic (exact) mass is 292 g/mol. The summed E-state index contributed by atoms with van der Waals surface area (Å²) in [7, 11) is 0. The van der Waals surface area contributed by atoms with Crippen molar-refractivity contribution >= 4 is 0 Å². The second-order valence-corrected chi connectivity index (χ2v) is 6.40. The summed E-state index contributed by atoms with van der Waals surface area (Å²) in [6, 6.07) is 0.119. The number of aliphatic hydroxyl groups is 1. The number of alkyl halides is 2. The van der Waals surface area contributed by atoms with Gasteiger partial charge in [-0.05, 0) is 37.6 Å². The smallest absolute Gasteiger partial charge is 0.250 e. The number of aliphatic hydroxyl groups excluding tert-OH is 1. The van der Waals surface area contributed by atoms with E-state index in [1.54, 1.807) is 0 Å². The molecule has 1 rings (SSSR count). The Morgan fingerprint density at radius 3 is 2.55 bits per heavy atom. The molecule has 20 heavy (non-hydrogen) atoms. The summed E-state index contributed by atoms with van der Waals surface area (Å²) in [6.45, 7) is 8.76. The maximum absolute atomic E-state index is 12.3. The van der Waals surface area contributed by atoms with Gasteiger partial charge in [-0.15, -0.1) is 0 Å². The fourth-order valence-corrected chi connectivity index (χ4v) is 2.99. The molecule has 1 saturated heterocycles. The fourth-order valence-electron chi connectivity index (χ4n) is 2.99. The van der Waals surface area contributed by atoms with Crippen LogP contribution >= 0.6 is 0 Å². The molecule has 1 heterocycles. The van der Waals surface area contributed by atoms with E-state index >= 15 is 0 Å². The van der Waals surface area contributed by atoms with Gasteiger partial charge in [-0.3, -0.25) is 0 Å². The highest BCUT2D eigenvalue weighted by Crippen LogP contribution is 2.24. The Bertz CT molecular complexity index is 264. The molecule has 0 radical (unpaired) electrons. The van der Waals surface area contributed by atoms with E-state index in [1.165, 1.54) is 0 Å². The van der Waals surface area contributed by atoms with E-state index in [2.05, 4.69) is 17.1 Å². The molecule has 1 fully saturated rings. The van der Waals surface area contributed by atoms with E-state index in [0.29, 0.717) is 5.92 Å². The van der Waals surface area contributed by atoms with Gasteiger partial charge in [0, 0.05) is 19.1 Å². The molecule has 0 aliphatic carbocycles. The molecule has 1 aliphatic rings. The zero-order valence-electron chi connectivity index (χ0n) is 13.0.